The third-order valence-corrected chi connectivity index (χ3v) is 6.13. The highest BCUT2D eigenvalue weighted by molar-refractivity contribution is 5.75. The second-order valence-electron chi connectivity index (χ2n) is 7.22. The Bertz CT molecular complexity index is 351. The topological polar surface area (TPSA) is 46.5 Å². The molecule has 0 aromatic rings. The first-order chi connectivity index (χ1) is 9.06. The molecule has 3 fully saturated rings. The zero-order chi connectivity index (χ0) is 13.5. The standard InChI is InChI=1S/C16H26O3/c1-12-3-8-16(9-4-12,14(17)18)13-5-10-19-15(11-13)6-2-7-15/h12-13H,2-11H2,1H3,(H,17,18). The van der Waals surface area contributed by atoms with E-state index in [2.05, 4.69) is 6.92 Å². The van der Waals surface area contributed by atoms with E-state index in [0.29, 0.717) is 11.8 Å². The van der Waals surface area contributed by atoms with E-state index in [-0.39, 0.29) is 5.60 Å². The molecule has 1 spiro atoms. The van der Waals surface area contributed by atoms with Gasteiger partial charge in [-0.25, -0.2) is 0 Å². The van der Waals surface area contributed by atoms with Crippen molar-refractivity contribution in [2.45, 2.75) is 70.3 Å². The van der Waals surface area contributed by atoms with Crippen molar-refractivity contribution in [3.8, 4) is 0 Å². The van der Waals surface area contributed by atoms with Gasteiger partial charge in [0.25, 0.3) is 0 Å². The van der Waals surface area contributed by atoms with Crippen LogP contribution in [-0.2, 0) is 9.53 Å². The van der Waals surface area contributed by atoms with Crippen molar-refractivity contribution < 1.29 is 14.6 Å². The molecule has 2 aliphatic carbocycles. The van der Waals surface area contributed by atoms with Gasteiger partial charge in [-0.15, -0.1) is 0 Å². The molecule has 1 aliphatic heterocycles. The highest BCUT2D eigenvalue weighted by Crippen LogP contribution is 2.54. The third-order valence-electron chi connectivity index (χ3n) is 6.13. The predicted octanol–water partition coefficient (Wildman–Crippen LogP) is 3.62. The maximum absolute atomic E-state index is 12.0. The Labute approximate surface area is 115 Å². The predicted molar refractivity (Wildman–Crippen MR) is 73.0 cm³/mol. The van der Waals surface area contributed by atoms with Crippen LogP contribution in [0.4, 0.5) is 0 Å². The molecule has 0 radical (unpaired) electrons. The van der Waals surface area contributed by atoms with Gasteiger partial charge in [0.1, 0.15) is 0 Å². The summed E-state index contributed by atoms with van der Waals surface area (Å²) in [4.78, 5) is 12.0. The number of carbonyl (C=O) groups is 1. The molecule has 3 rings (SSSR count). The summed E-state index contributed by atoms with van der Waals surface area (Å²) in [6, 6.07) is 0. The van der Waals surface area contributed by atoms with E-state index in [0.717, 1.165) is 58.0 Å². The van der Waals surface area contributed by atoms with Gasteiger partial charge in [-0.2, -0.15) is 0 Å². The zero-order valence-electron chi connectivity index (χ0n) is 12.0. The summed E-state index contributed by atoms with van der Waals surface area (Å²) < 4.78 is 5.98. The van der Waals surface area contributed by atoms with Crippen molar-refractivity contribution in [3.63, 3.8) is 0 Å². The molecule has 1 atom stereocenters. The molecule has 1 heterocycles. The maximum atomic E-state index is 12.0. The Hall–Kier alpha value is -0.570. The van der Waals surface area contributed by atoms with Gasteiger partial charge < -0.3 is 9.84 Å². The van der Waals surface area contributed by atoms with Crippen molar-refractivity contribution in [3.05, 3.63) is 0 Å². The van der Waals surface area contributed by atoms with Crippen molar-refractivity contribution >= 4 is 5.97 Å². The van der Waals surface area contributed by atoms with Crippen LogP contribution in [0.5, 0.6) is 0 Å². The Kier molecular flexibility index (Phi) is 3.36. The number of rotatable bonds is 2. The quantitative estimate of drug-likeness (QED) is 0.830. The SMILES string of the molecule is CC1CCC(C(=O)O)(C2CCOC3(CCC3)C2)CC1. The lowest BCUT2D eigenvalue weighted by Gasteiger charge is -2.52. The highest BCUT2D eigenvalue weighted by atomic mass is 16.5. The molecular weight excluding hydrogens is 240 g/mol. The minimum absolute atomic E-state index is 0.0639. The van der Waals surface area contributed by atoms with Gasteiger partial charge in [0.05, 0.1) is 11.0 Å². The molecule has 108 valence electrons. The molecule has 3 heteroatoms. The van der Waals surface area contributed by atoms with Gasteiger partial charge in [0.15, 0.2) is 0 Å². The molecule has 0 aromatic carbocycles. The third kappa shape index (κ3) is 2.20. The number of hydrogen-bond donors (Lipinski definition) is 1. The van der Waals surface area contributed by atoms with E-state index in [1.165, 1.54) is 6.42 Å². The number of hydrogen-bond acceptors (Lipinski definition) is 2. The van der Waals surface area contributed by atoms with E-state index < -0.39 is 11.4 Å². The van der Waals surface area contributed by atoms with Gasteiger partial charge in [0, 0.05) is 6.61 Å². The molecule has 19 heavy (non-hydrogen) atoms. The Morgan fingerprint density at radius 3 is 2.37 bits per heavy atom. The molecule has 1 N–H and O–H groups in total. The molecule has 0 bridgehead atoms. The molecule has 1 saturated heterocycles. The van der Waals surface area contributed by atoms with E-state index in [9.17, 15) is 9.90 Å². The second kappa shape index (κ2) is 4.76. The fraction of sp³-hybridized carbons (Fsp3) is 0.938. The monoisotopic (exact) mass is 266 g/mol. The fourth-order valence-electron chi connectivity index (χ4n) is 4.49. The van der Waals surface area contributed by atoms with Crippen LogP contribution in [-0.4, -0.2) is 23.3 Å². The summed E-state index contributed by atoms with van der Waals surface area (Å²) in [5.74, 6) is 0.498. The molecule has 3 nitrogen and oxygen atoms in total. The normalized spacial score (nSPS) is 41.7. The van der Waals surface area contributed by atoms with Crippen LogP contribution in [0.3, 0.4) is 0 Å². The van der Waals surface area contributed by atoms with Gasteiger partial charge in [0.2, 0.25) is 0 Å². The lowest BCUT2D eigenvalue weighted by Crippen LogP contribution is -2.52. The Morgan fingerprint density at radius 1 is 1.16 bits per heavy atom. The van der Waals surface area contributed by atoms with Gasteiger partial charge in [-0.1, -0.05) is 6.92 Å². The lowest BCUT2D eigenvalue weighted by atomic mass is 9.58. The summed E-state index contributed by atoms with van der Waals surface area (Å²) in [5, 5.41) is 9.85. The highest BCUT2D eigenvalue weighted by Gasteiger charge is 2.53. The molecule has 1 unspecified atom stereocenters. The van der Waals surface area contributed by atoms with Gasteiger partial charge >= 0.3 is 5.97 Å². The van der Waals surface area contributed by atoms with E-state index in [4.69, 9.17) is 4.74 Å². The fourth-order valence-corrected chi connectivity index (χ4v) is 4.49. The summed E-state index contributed by atoms with van der Waals surface area (Å²) >= 11 is 0. The van der Waals surface area contributed by atoms with Crippen LogP contribution in [0.2, 0.25) is 0 Å². The van der Waals surface area contributed by atoms with Crippen LogP contribution >= 0.6 is 0 Å². The van der Waals surface area contributed by atoms with Crippen LogP contribution in [0, 0.1) is 17.3 Å². The number of ether oxygens (including phenoxy) is 1. The number of aliphatic carboxylic acids is 1. The van der Waals surface area contributed by atoms with Crippen molar-refractivity contribution in [2.24, 2.45) is 17.3 Å². The van der Waals surface area contributed by atoms with Crippen LogP contribution in [0.1, 0.15) is 64.7 Å². The minimum Gasteiger partial charge on any atom is -0.481 e. The molecule has 0 amide bonds. The first kappa shape index (κ1) is 13.4. The molecule has 2 saturated carbocycles. The smallest absolute Gasteiger partial charge is 0.309 e. The van der Waals surface area contributed by atoms with Crippen molar-refractivity contribution in [1.29, 1.82) is 0 Å². The largest absolute Gasteiger partial charge is 0.481 e. The van der Waals surface area contributed by atoms with E-state index >= 15 is 0 Å². The second-order valence-corrected chi connectivity index (χ2v) is 7.22. The Balaban J connectivity index is 1.78. The summed E-state index contributed by atoms with van der Waals surface area (Å²) in [6.45, 7) is 3.03. The first-order valence-corrected chi connectivity index (χ1v) is 7.94. The lowest BCUT2D eigenvalue weighted by molar-refractivity contribution is -0.181. The average Bonchev–Trinajstić information content (AvgIpc) is 2.38. The van der Waals surface area contributed by atoms with E-state index in [1.807, 2.05) is 0 Å². The molecule has 0 aromatic heterocycles. The zero-order valence-corrected chi connectivity index (χ0v) is 12.0. The first-order valence-electron chi connectivity index (χ1n) is 7.94. The summed E-state index contributed by atoms with van der Waals surface area (Å²) in [5.41, 5.74) is -0.382. The Morgan fingerprint density at radius 2 is 1.84 bits per heavy atom. The summed E-state index contributed by atoms with van der Waals surface area (Å²) in [6.07, 6.45) is 9.41. The van der Waals surface area contributed by atoms with Crippen LogP contribution < -0.4 is 0 Å². The maximum Gasteiger partial charge on any atom is 0.309 e. The van der Waals surface area contributed by atoms with Crippen LogP contribution in [0.25, 0.3) is 0 Å². The average molecular weight is 266 g/mol. The van der Waals surface area contributed by atoms with E-state index in [1.54, 1.807) is 0 Å². The van der Waals surface area contributed by atoms with Gasteiger partial charge in [-0.05, 0) is 69.6 Å². The minimum atomic E-state index is -0.541. The number of carboxylic acid groups (broad SMARTS) is 1. The number of carboxylic acids is 1. The van der Waals surface area contributed by atoms with Crippen LogP contribution in [0.15, 0.2) is 0 Å². The molecular formula is C16H26O3. The van der Waals surface area contributed by atoms with Gasteiger partial charge in [-0.3, -0.25) is 4.79 Å². The van der Waals surface area contributed by atoms with Crippen molar-refractivity contribution in [2.75, 3.05) is 6.61 Å². The van der Waals surface area contributed by atoms with Crippen molar-refractivity contribution in [1.82, 2.24) is 0 Å². The summed E-state index contributed by atoms with van der Waals surface area (Å²) in [7, 11) is 0. The molecule has 3 aliphatic rings.